The second-order valence-electron chi connectivity index (χ2n) is 23.0. The molecule has 10 atom stereocenters. The van der Waals surface area contributed by atoms with Gasteiger partial charge in [-0.05, 0) is 126 Å². The van der Waals surface area contributed by atoms with Gasteiger partial charge < -0.3 is 57.2 Å². The second kappa shape index (κ2) is 27.3. The Hall–Kier alpha value is -5.86. The molecule has 78 heavy (non-hydrogen) atoms. The number of carbonyl (C=O) groups is 7. The molecule has 0 bridgehead atoms. The smallest absolute Gasteiger partial charge is 0.246 e. The highest BCUT2D eigenvalue weighted by molar-refractivity contribution is 8.01. The van der Waals surface area contributed by atoms with Gasteiger partial charge in [-0.1, -0.05) is 93.6 Å². The molecular weight excluding hydrogens is 1010 g/mol. The van der Waals surface area contributed by atoms with Crippen molar-refractivity contribution >= 4 is 53.1 Å². The van der Waals surface area contributed by atoms with Gasteiger partial charge in [-0.3, -0.25) is 33.6 Å². The summed E-state index contributed by atoms with van der Waals surface area (Å²) in [5.41, 5.74) is 5.31. The van der Waals surface area contributed by atoms with E-state index in [-0.39, 0.29) is 66.9 Å². The van der Waals surface area contributed by atoms with Crippen LogP contribution in [0.1, 0.15) is 132 Å². The third-order valence-electron chi connectivity index (χ3n) is 15.8. The van der Waals surface area contributed by atoms with E-state index in [4.69, 9.17) is 0 Å². The van der Waals surface area contributed by atoms with E-state index in [1.165, 1.54) is 17.5 Å². The molecule has 2 aliphatic carbocycles. The Bertz CT molecular complexity index is 2590. The number of fused-ring (bicyclic) bond motifs is 2. The van der Waals surface area contributed by atoms with Crippen LogP contribution in [-0.2, 0) is 52.8 Å². The van der Waals surface area contributed by atoms with Gasteiger partial charge in [0.2, 0.25) is 41.4 Å². The monoisotopic (exact) mass is 1100 g/mol. The number of thioether (sulfide) groups is 1. The van der Waals surface area contributed by atoms with Gasteiger partial charge in [0.1, 0.15) is 24.2 Å². The van der Waals surface area contributed by atoms with Gasteiger partial charge in [-0.25, -0.2) is 0 Å². The van der Waals surface area contributed by atoms with Crippen LogP contribution in [0.2, 0.25) is 0 Å². The molecule has 3 aliphatic rings. The van der Waals surface area contributed by atoms with Crippen LogP contribution >= 0.6 is 11.8 Å². The van der Waals surface area contributed by atoms with E-state index in [0.717, 1.165) is 66.1 Å². The number of amides is 7. The molecule has 0 saturated carbocycles. The van der Waals surface area contributed by atoms with Crippen molar-refractivity contribution in [3.05, 3.63) is 106 Å². The lowest BCUT2D eigenvalue weighted by atomic mass is 9.85. The Labute approximate surface area is 465 Å². The highest BCUT2D eigenvalue weighted by Gasteiger charge is 2.46. The fourth-order valence-electron chi connectivity index (χ4n) is 10.6. The predicted octanol–water partition coefficient (Wildman–Crippen LogP) is 3.34. The molecule has 18 nitrogen and oxygen atoms in total. The Morgan fingerprint density at radius 1 is 0.718 bits per heavy atom. The summed E-state index contributed by atoms with van der Waals surface area (Å²) in [6, 6.07) is 17.8. The summed E-state index contributed by atoms with van der Waals surface area (Å²) < 4.78 is -1.11. The van der Waals surface area contributed by atoms with Crippen LogP contribution in [-0.4, -0.2) is 155 Å². The van der Waals surface area contributed by atoms with Crippen LogP contribution in [0.3, 0.4) is 0 Å². The van der Waals surface area contributed by atoms with Gasteiger partial charge in [-0.15, -0.1) is 11.8 Å². The van der Waals surface area contributed by atoms with Gasteiger partial charge in [0.05, 0.1) is 42.6 Å². The number of likely N-dealkylation sites (tertiary alicyclic amines) is 1. The van der Waals surface area contributed by atoms with E-state index in [2.05, 4.69) is 49.4 Å². The molecule has 2 unspecified atom stereocenters. The van der Waals surface area contributed by atoms with Gasteiger partial charge in [0.15, 0.2) is 0 Å². The molecule has 9 N–H and O–H groups in total. The van der Waals surface area contributed by atoms with E-state index in [0.29, 0.717) is 18.4 Å². The van der Waals surface area contributed by atoms with E-state index in [1.807, 2.05) is 81.4 Å². The first kappa shape index (κ1) is 61.4. The van der Waals surface area contributed by atoms with Crippen LogP contribution in [0, 0.1) is 5.41 Å². The van der Waals surface area contributed by atoms with Gasteiger partial charge in [0.25, 0.3) is 0 Å². The van der Waals surface area contributed by atoms with Crippen molar-refractivity contribution in [2.45, 2.75) is 165 Å². The molecule has 1 aliphatic heterocycles. The van der Waals surface area contributed by atoms with Crippen molar-refractivity contribution in [2.75, 3.05) is 46.6 Å². The maximum atomic E-state index is 14.9. The number of hydrogen-bond acceptors (Lipinski definition) is 12. The molecule has 0 spiro atoms. The lowest BCUT2D eigenvalue weighted by molar-refractivity contribution is -0.144. The average Bonchev–Trinajstić information content (AvgIpc) is 4.02. The van der Waals surface area contributed by atoms with Gasteiger partial charge in [0, 0.05) is 37.2 Å². The second-order valence-corrected chi connectivity index (χ2v) is 24.7. The van der Waals surface area contributed by atoms with Crippen molar-refractivity contribution in [2.24, 2.45) is 5.41 Å². The number of rotatable bonds is 23. The normalized spacial score (nSPS) is 20.5. The SMILES string of the molecule is CN[C@@H](C)C(=O)NC(C(=O)N[C@@H](Cc1ccc([C@H]2C[C@@H](C(=O)N[C@@H]3CCCc4ccccc43)N(C(=O)[C@@H](NC(=O)[C@H](C)NC)C(C)(C)C)C2)cc1)C(=O)NC1CCCc2ccccc21)C(C)(C)SCC(=O)N(C)C[C@@H](O)CO. The molecule has 0 aromatic heterocycles. The first-order valence-electron chi connectivity index (χ1n) is 27.5. The zero-order valence-electron chi connectivity index (χ0n) is 47.2. The van der Waals surface area contributed by atoms with E-state index in [9.17, 15) is 43.8 Å². The third kappa shape index (κ3) is 15.7. The minimum absolute atomic E-state index is 0.0605. The number of hydrogen-bond donors (Lipinski definition) is 9. The summed E-state index contributed by atoms with van der Waals surface area (Å²) in [4.78, 5) is 102. The topological polar surface area (TPSA) is 251 Å². The fourth-order valence-corrected chi connectivity index (χ4v) is 11.7. The minimum Gasteiger partial charge on any atom is -0.394 e. The van der Waals surface area contributed by atoms with Gasteiger partial charge in [-0.2, -0.15) is 0 Å². The molecule has 426 valence electrons. The molecule has 0 radical (unpaired) electrons. The summed E-state index contributed by atoms with van der Waals surface area (Å²) in [5, 5.41) is 40.6. The van der Waals surface area contributed by atoms with E-state index >= 15 is 0 Å². The number of benzene rings is 3. The molecule has 19 heteroatoms. The quantitative estimate of drug-likeness (QED) is 0.0664. The van der Waals surface area contributed by atoms with Crippen LogP contribution < -0.4 is 37.2 Å². The zero-order chi connectivity index (χ0) is 57.1. The van der Waals surface area contributed by atoms with E-state index in [1.54, 1.807) is 46.7 Å². The first-order chi connectivity index (χ1) is 37.0. The summed E-state index contributed by atoms with van der Waals surface area (Å²) in [5.74, 6) is -3.21. The predicted molar refractivity (Wildman–Crippen MR) is 303 cm³/mol. The molecule has 1 fully saturated rings. The average molecular weight is 1100 g/mol. The Balaban J connectivity index is 1.29. The lowest BCUT2D eigenvalue weighted by Crippen LogP contribution is -2.62. The number of nitrogens with zero attached hydrogens (tertiary/aromatic N) is 2. The van der Waals surface area contributed by atoms with E-state index < -0.39 is 76.8 Å². The lowest BCUT2D eigenvalue weighted by Gasteiger charge is -2.36. The molecule has 1 heterocycles. The maximum Gasteiger partial charge on any atom is 0.246 e. The minimum atomic E-state index is -1.23. The van der Waals surface area contributed by atoms with Crippen molar-refractivity contribution in [3.8, 4) is 0 Å². The molecule has 1 saturated heterocycles. The largest absolute Gasteiger partial charge is 0.394 e. The number of nitrogens with one attached hydrogen (secondary N) is 7. The van der Waals surface area contributed by atoms with Crippen LogP contribution in [0.4, 0.5) is 0 Å². The zero-order valence-corrected chi connectivity index (χ0v) is 48.1. The van der Waals surface area contributed by atoms with Gasteiger partial charge >= 0.3 is 0 Å². The number of aliphatic hydroxyl groups is 2. The number of aliphatic hydroxyl groups excluding tert-OH is 2. The maximum absolute atomic E-state index is 14.9. The highest BCUT2D eigenvalue weighted by Crippen LogP contribution is 2.37. The standard InChI is InChI=1S/C59H85N9O9S/c1-35(60-8)52(72)65-50(59(6,7)78-34-49(71)67(10)32-42(70)33-69)56(76)64-47(54(74)62-45-23-15-19-39-17-11-13-21-43(39)45)29-37-25-27-38(28-26-37)41-30-48(55(75)63-46-24-16-20-40-18-12-14-22-44(40)46)68(31-41)57(77)51(58(3,4)5)66-53(73)36(2)61-9/h11-14,17-18,21-22,25-28,35-36,41-42,45-48,50-51,60-61,69-70H,15-16,19-20,23-24,29-34H2,1-10H3,(H,62,74)(H,63,75)(H,64,76)(H,65,72)(H,66,73)/t35-,36-,41-,42+,45?,46+,47-,48-,50?,51+/m0/s1. The molecule has 6 rings (SSSR count). The fraction of sp³-hybridized carbons (Fsp3) is 0.576. The van der Waals surface area contributed by atoms with Crippen LogP contribution in [0.5, 0.6) is 0 Å². The summed E-state index contributed by atoms with van der Waals surface area (Å²) in [7, 11) is 4.80. The molecular formula is C59H85N9O9S. The summed E-state index contributed by atoms with van der Waals surface area (Å²) >= 11 is 1.14. The molecule has 7 amide bonds. The number of aryl methyl sites for hydroxylation is 2. The first-order valence-corrected chi connectivity index (χ1v) is 28.5. The molecule has 3 aromatic rings. The van der Waals surface area contributed by atoms with Crippen molar-refractivity contribution in [3.63, 3.8) is 0 Å². The number of carbonyl (C=O) groups excluding carboxylic acids is 7. The summed E-state index contributed by atoms with van der Waals surface area (Å²) in [6.45, 7) is 12.1. The Morgan fingerprint density at radius 3 is 1.79 bits per heavy atom. The van der Waals surface area contributed by atoms with Crippen LogP contribution in [0.25, 0.3) is 0 Å². The summed E-state index contributed by atoms with van der Waals surface area (Å²) in [6.07, 6.45) is 4.31. The van der Waals surface area contributed by atoms with Crippen molar-refractivity contribution < 1.29 is 43.8 Å². The highest BCUT2D eigenvalue weighted by atomic mass is 32.2. The third-order valence-corrected chi connectivity index (χ3v) is 17.1. The molecule has 3 aromatic carbocycles. The Morgan fingerprint density at radius 2 is 1.26 bits per heavy atom. The Kier molecular flexibility index (Phi) is 21.5. The van der Waals surface area contributed by atoms with Crippen LogP contribution in [0.15, 0.2) is 72.8 Å². The van der Waals surface area contributed by atoms with Crippen molar-refractivity contribution in [1.82, 2.24) is 47.0 Å². The number of likely N-dealkylation sites (N-methyl/N-ethyl adjacent to an activating group) is 3. The van der Waals surface area contributed by atoms with Crippen molar-refractivity contribution in [1.29, 1.82) is 0 Å².